The van der Waals surface area contributed by atoms with Crippen molar-refractivity contribution in [3.05, 3.63) is 35.1 Å². The van der Waals surface area contributed by atoms with E-state index in [0.29, 0.717) is 43.7 Å². The maximum absolute atomic E-state index is 14.2. The van der Waals surface area contributed by atoms with Crippen molar-refractivity contribution in [3.63, 3.8) is 0 Å². The number of alkyl halides is 1. The molecule has 8 nitrogen and oxygen atoms in total. The van der Waals surface area contributed by atoms with Gasteiger partial charge in [-0.25, -0.2) is 4.39 Å². The summed E-state index contributed by atoms with van der Waals surface area (Å²) in [6, 6.07) is 4.18. The molecule has 0 spiro atoms. The van der Waals surface area contributed by atoms with Crippen molar-refractivity contribution < 1.29 is 33.3 Å². The first kappa shape index (κ1) is 23.1. The van der Waals surface area contributed by atoms with Crippen LogP contribution < -0.4 is 4.74 Å². The number of carbonyl (C=O) groups is 2. The summed E-state index contributed by atoms with van der Waals surface area (Å²) >= 11 is 0. The van der Waals surface area contributed by atoms with E-state index in [4.69, 9.17) is 14.2 Å². The number of hydrogen-bond donors (Lipinski definition) is 1. The number of phenols is 1. The second-order valence-electron chi connectivity index (χ2n) is 9.42. The number of fused-ring (bicyclic) bond motifs is 1. The molecule has 0 bridgehead atoms. The van der Waals surface area contributed by atoms with E-state index in [-0.39, 0.29) is 35.4 Å². The number of methoxy groups -OCH3 is 1. The van der Waals surface area contributed by atoms with Gasteiger partial charge in [0.25, 0.3) is 5.91 Å². The summed E-state index contributed by atoms with van der Waals surface area (Å²) in [7, 11) is 1.45. The molecular weight excluding hydrogens is 443 g/mol. The van der Waals surface area contributed by atoms with Gasteiger partial charge in [-0.1, -0.05) is 6.07 Å². The molecule has 4 aliphatic rings. The fraction of sp³-hybridized carbons (Fsp3) is 0.600. The molecule has 1 aromatic rings. The number of amides is 1. The van der Waals surface area contributed by atoms with Gasteiger partial charge in [-0.05, 0) is 43.4 Å². The first-order valence-electron chi connectivity index (χ1n) is 12.0. The van der Waals surface area contributed by atoms with Gasteiger partial charge in [0.2, 0.25) is 0 Å². The smallest absolute Gasteiger partial charge is 0.290 e. The molecule has 3 aliphatic heterocycles. The minimum Gasteiger partial charge on any atom is -0.504 e. The Kier molecular flexibility index (Phi) is 6.48. The normalized spacial score (nSPS) is 29.6. The molecule has 5 rings (SSSR count). The highest BCUT2D eigenvalue weighted by Crippen LogP contribution is 2.48. The molecule has 4 unspecified atom stereocenters. The van der Waals surface area contributed by atoms with Crippen LogP contribution in [0.1, 0.15) is 37.3 Å². The number of aromatic hydroxyl groups is 1. The summed E-state index contributed by atoms with van der Waals surface area (Å²) in [5.74, 6) is -0.742. The molecule has 1 saturated heterocycles. The highest BCUT2D eigenvalue weighted by molar-refractivity contribution is 6.11. The Morgan fingerprint density at radius 2 is 1.97 bits per heavy atom. The quantitative estimate of drug-likeness (QED) is 0.677. The van der Waals surface area contributed by atoms with Crippen LogP contribution in [0.5, 0.6) is 11.5 Å². The van der Waals surface area contributed by atoms with E-state index >= 15 is 0 Å². The monoisotopic (exact) mass is 474 g/mol. The Bertz CT molecular complexity index is 992. The van der Waals surface area contributed by atoms with E-state index < -0.39 is 24.2 Å². The van der Waals surface area contributed by atoms with Gasteiger partial charge in [-0.2, -0.15) is 0 Å². The number of carbonyl (C=O) groups excluding carboxylic acids is 2. The topological polar surface area (TPSA) is 88.5 Å². The lowest BCUT2D eigenvalue weighted by molar-refractivity contribution is -0.136. The Morgan fingerprint density at radius 1 is 1.18 bits per heavy atom. The fourth-order valence-corrected chi connectivity index (χ4v) is 5.59. The molecule has 184 valence electrons. The number of hydrogen-bond acceptors (Lipinski definition) is 7. The van der Waals surface area contributed by atoms with Crippen LogP contribution >= 0.6 is 0 Å². The first-order chi connectivity index (χ1) is 16.5. The van der Waals surface area contributed by atoms with Crippen molar-refractivity contribution in [2.24, 2.45) is 5.92 Å². The minimum atomic E-state index is -1.04. The molecular formula is C25H31FN2O6. The van der Waals surface area contributed by atoms with Crippen LogP contribution in [0.2, 0.25) is 0 Å². The molecule has 0 radical (unpaired) electrons. The maximum Gasteiger partial charge on any atom is 0.290 e. The highest BCUT2D eigenvalue weighted by atomic mass is 19.1. The minimum absolute atomic E-state index is 0.0255. The van der Waals surface area contributed by atoms with Gasteiger partial charge in [0.1, 0.15) is 12.3 Å². The average Bonchev–Trinajstić information content (AvgIpc) is 3.12. The van der Waals surface area contributed by atoms with E-state index in [1.54, 1.807) is 17.0 Å². The van der Waals surface area contributed by atoms with Crippen molar-refractivity contribution in [1.82, 2.24) is 9.80 Å². The van der Waals surface area contributed by atoms with Gasteiger partial charge in [-0.15, -0.1) is 0 Å². The molecule has 1 aromatic carbocycles. The Hall–Kier alpha value is -2.65. The molecule has 0 aromatic heterocycles. The summed E-state index contributed by atoms with van der Waals surface area (Å²) in [4.78, 5) is 31.1. The van der Waals surface area contributed by atoms with Gasteiger partial charge in [0.15, 0.2) is 23.0 Å². The first-order valence-corrected chi connectivity index (χ1v) is 12.0. The zero-order valence-corrected chi connectivity index (χ0v) is 19.4. The number of Topliss-reactive ketones (excluding diaryl/α,β-unsaturated/α-hetero) is 1. The molecule has 1 aliphatic carbocycles. The van der Waals surface area contributed by atoms with Gasteiger partial charge in [-0.3, -0.25) is 14.5 Å². The number of morpholine rings is 1. The summed E-state index contributed by atoms with van der Waals surface area (Å²) in [6.07, 6.45) is 0.127. The molecule has 1 saturated carbocycles. The number of benzene rings is 1. The predicted molar refractivity (Wildman–Crippen MR) is 120 cm³/mol. The van der Waals surface area contributed by atoms with Crippen LogP contribution in [0.25, 0.3) is 0 Å². The molecule has 4 atom stereocenters. The molecule has 3 heterocycles. The zero-order chi connectivity index (χ0) is 23.8. The van der Waals surface area contributed by atoms with Gasteiger partial charge >= 0.3 is 0 Å². The maximum atomic E-state index is 14.2. The van der Waals surface area contributed by atoms with E-state index in [9.17, 15) is 19.1 Å². The van der Waals surface area contributed by atoms with Gasteiger partial charge < -0.3 is 24.2 Å². The molecule has 1 N–H and O–H groups in total. The van der Waals surface area contributed by atoms with Crippen LogP contribution in [0, 0.1) is 5.92 Å². The van der Waals surface area contributed by atoms with Gasteiger partial charge in [0, 0.05) is 26.2 Å². The highest BCUT2D eigenvalue weighted by Gasteiger charge is 2.52. The SMILES string of the molecule is COc1cc(C2C3=C(OC4CCC(F)CC4C3=O)C(=O)N2CCCN2CCOCC2)ccc1O. The molecule has 34 heavy (non-hydrogen) atoms. The Labute approximate surface area is 198 Å². The predicted octanol–water partition coefficient (Wildman–Crippen LogP) is 2.37. The Balaban J connectivity index is 1.45. The second kappa shape index (κ2) is 9.54. The van der Waals surface area contributed by atoms with Crippen LogP contribution in [0.15, 0.2) is 29.5 Å². The second-order valence-corrected chi connectivity index (χ2v) is 9.42. The lowest BCUT2D eigenvalue weighted by Crippen LogP contribution is -2.42. The van der Waals surface area contributed by atoms with Gasteiger partial charge in [0.05, 0.1) is 37.9 Å². The van der Waals surface area contributed by atoms with E-state index in [2.05, 4.69) is 4.90 Å². The average molecular weight is 475 g/mol. The summed E-state index contributed by atoms with van der Waals surface area (Å²) in [5.41, 5.74) is 0.960. The van der Waals surface area contributed by atoms with Crippen LogP contribution in [0.3, 0.4) is 0 Å². The number of halogens is 1. The van der Waals surface area contributed by atoms with Crippen molar-refractivity contribution in [2.45, 2.75) is 44.0 Å². The lowest BCUT2D eigenvalue weighted by Gasteiger charge is -2.36. The van der Waals surface area contributed by atoms with Crippen molar-refractivity contribution in [3.8, 4) is 11.5 Å². The van der Waals surface area contributed by atoms with Crippen molar-refractivity contribution >= 4 is 11.7 Å². The van der Waals surface area contributed by atoms with E-state index in [0.717, 1.165) is 26.1 Å². The third-order valence-electron chi connectivity index (χ3n) is 7.38. The number of rotatable bonds is 6. The fourth-order valence-electron chi connectivity index (χ4n) is 5.59. The van der Waals surface area contributed by atoms with Crippen molar-refractivity contribution in [2.75, 3.05) is 46.5 Å². The third kappa shape index (κ3) is 4.15. The lowest BCUT2D eigenvalue weighted by atomic mass is 9.77. The number of ether oxygens (including phenoxy) is 3. The number of ketones is 1. The van der Waals surface area contributed by atoms with Crippen molar-refractivity contribution in [1.29, 1.82) is 0 Å². The molecule has 1 amide bonds. The zero-order valence-electron chi connectivity index (χ0n) is 19.4. The molecule has 2 fully saturated rings. The van der Waals surface area contributed by atoms with Crippen LogP contribution in [-0.4, -0.2) is 85.4 Å². The number of nitrogens with zero attached hydrogens (tertiary/aromatic N) is 2. The van der Waals surface area contributed by atoms with E-state index in [1.807, 2.05) is 0 Å². The summed E-state index contributed by atoms with van der Waals surface area (Å²) in [6.45, 7) is 4.37. The third-order valence-corrected chi connectivity index (χ3v) is 7.38. The largest absolute Gasteiger partial charge is 0.504 e. The standard InChI is InChI=1S/C25H31FN2O6/c1-32-20-13-15(3-5-18(20)29)22-21-23(30)17-14-16(26)4-6-19(17)34-24(21)25(31)28(22)8-2-7-27-9-11-33-12-10-27/h3,5,13,16-17,19,22,29H,2,4,6-12,14H2,1H3. The van der Waals surface area contributed by atoms with E-state index in [1.165, 1.54) is 13.2 Å². The molecule has 9 heteroatoms. The van der Waals surface area contributed by atoms with Crippen LogP contribution in [0.4, 0.5) is 4.39 Å². The Morgan fingerprint density at radius 3 is 2.74 bits per heavy atom. The van der Waals surface area contributed by atoms with Crippen LogP contribution in [-0.2, 0) is 19.1 Å². The summed E-state index contributed by atoms with van der Waals surface area (Å²) in [5, 5.41) is 10.1. The summed E-state index contributed by atoms with van der Waals surface area (Å²) < 4.78 is 31.0. The number of phenolic OH excluding ortho intramolecular Hbond substituents is 1.